The molecule has 2 heteroatoms. The first-order valence-electron chi connectivity index (χ1n) is 5.90. The van der Waals surface area contributed by atoms with Crippen LogP contribution in [0, 0.1) is 0 Å². The van der Waals surface area contributed by atoms with Gasteiger partial charge in [0.25, 0.3) is 0 Å². The highest BCUT2D eigenvalue weighted by atomic mass is 15.6. The molecule has 0 saturated heterocycles. The highest BCUT2D eigenvalue weighted by molar-refractivity contribution is 5.93. The summed E-state index contributed by atoms with van der Waals surface area (Å²) in [4.78, 5) is 0. The van der Waals surface area contributed by atoms with Gasteiger partial charge in [0.05, 0.1) is 5.70 Å². The van der Waals surface area contributed by atoms with Gasteiger partial charge in [0.15, 0.2) is 0 Å². The van der Waals surface area contributed by atoms with E-state index in [-0.39, 0.29) is 0 Å². The first kappa shape index (κ1) is 10.4. The van der Waals surface area contributed by atoms with E-state index in [0.717, 1.165) is 6.54 Å². The standard InChI is InChI=1S/C15H16N2/c1-16-11-10-15(17(16)2)14-9-5-7-12-6-3-4-8-13(12)14/h3-10H,11H2,1-2H3. The van der Waals surface area contributed by atoms with Gasteiger partial charge >= 0.3 is 0 Å². The third-order valence-electron chi connectivity index (χ3n) is 3.48. The lowest BCUT2D eigenvalue weighted by Crippen LogP contribution is -2.29. The maximum atomic E-state index is 2.28. The van der Waals surface area contributed by atoms with Crippen LogP contribution < -0.4 is 0 Å². The van der Waals surface area contributed by atoms with Crippen LogP contribution in [0.15, 0.2) is 48.5 Å². The second-order valence-electron chi connectivity index (χ2n) is 4.48. The Balaban J connectivity index is 2.18. The monoisotopic (exact) mass is 224 g/mol. The van der Waals surface area contributed by atoms with E-state index in [9.17, 15) is 0 Å². The van der Waals surface area contributed by atoms with Crippen LogP contribution in [-0.2, 0) is 0 Å². The molecule has 0 radical (unpaired) electrons. The summed E-state index contributed by atoms with van der Waals surface area (Å²) in [6, 6.07) is 15.0. The van der Waals surface area contributed by atoms with Gasteiger partial charge in [-0.25, -0.2) is 5.01 Å². The lowest BCUT2D eigenvalue weighted by atomic mass is 10.0. The molecule has 0 fully saturated rings. The molecular formula is C15H16N2. The summed E-state index contributed by atoms with van der Waals surface area (Å²) in [6.07, 6.45) is 2.28. The Bertz CT molecular complexity index is 581. The molecule has 0 aliphatic carbocycles. The van der Waals surface area contributed by atoms with Crippen molar-refractivity contribution in [1.29, 1.82) is 0 Å². The van der Waals surface area contributed by atoms with Crippen molar-refractivity contribution >= 4 is 16.5 Å². The van der Waals surface area contributed by atoms with E-state index in [1.165, 1.54) is 22.0 Å². The van der Waals surface area contributed by atoms with Crippen LogP contribution in [-0.4, -0.2) is 30.7 Å². The smallest absolute Gasteiger partial charge is 0.0571 e. The number of hydrogen-bond acceptors (Lipinski definition) is 2. The van der Waals surface area contributed by atoms with E-state index in [1.54, 1.807) is 0 Å². The van der Waals surface area contributed by atoms with Crippen molar-refractivity contribution in [3.05, 3.63) is 54.1 Å². The van der Waals surface area contributed by atoms with Crippen LogP contribution in [0.3, 0.4) is 0 Å². The van der Waals surface area contributed by atoms with E-state index in [2.05, 4.69) is 72.7 Å². The first-order chi connectivity index (χ1) is 8.27. The van der Waals surface area contributed by atoms with Crippen LogP contribution in [0.5, 0.6) is 0 Å². The Hall–Kier alpha value is -1.80. The fourth-order valence-corrected chi connectivity index (χ4v) is 2.39. The second-order valence-corrected chi connectivity index (χ2v) is 4.48. The molecule has 0 amide bonds. The third-order valence-corrected chi connectivity index (χ3v) is 3.48. The molecule has 3 rings (SSSR count). The van der Waals surface area contributed by atoms with Crippen LogP contribution in [0.2, 0.25) is 0 Å². The van der Waals surface area contributed by atoms with E-state index in [1.807, 2.05) is 0 Å². The molecule has 0 N–H and O–H groups in total. The Labute approximate surface area is 102 Å². The lowest BCUT2D eigenvalue weighted by Gasteiger charge is -2.25. The van der Waals surface area contributed by atoms with Crippen LogP contribution >= 0.6 is 0 Å². The van der Waals surface area contributed by atoms with E-state index in [0.29, 0.717) is 0 Å². The van der Waals surface area contributed by atoms with E-state index >= 15 is 0 Å². The average molecular weight is 224 g/mol. The molecule has 0 spiro atoms. The minimum absolute atomic E-state index is 0.981. The summed E-state index contributed by atoms with van der Waals surface area (Å²) in [7, 11) is 4.22. The predicted octanol–water partition coefficient (Wildman–Crippen LogP) is 2.97. The molecule has 0 unspecified atom stereocenters. The second kappa shape index (κ2) is 3.90. The Kier molecular flexibility index (Phi) is 2.37. The fourth-order valence-electron chi connectivity index (χ4n) is 2.39. The number of hydrazine groups is 1. The Morgan fingerprint density at radius 1 is 0.941 bits per heavy atom. The van der Waals surface area contributed by atoms with Gasteiger partial charge in [0.2, 0.25) is 0 Å². The van der Waals surface area contributed by atoms with Crippen molar-refractivity contribution in [3.8, 4) is 0 Å². The summed E-state index contributed by atoms with van der Waals surface area (Å²) in [5, 5.41) is 7.04. The summed E-state index contributed by atoms with van der Waals surface area (Å²) >= 11 is 0. The number of nitrogens with zero attached hydrogens (tertiary/aromatic N) is 2. The van der Waals surface area contributed by atoms with E-state index in [4.69, 9.17) is 0 Å². The maximum absolute atomic E-state index is 2.28. The quantitative estimate of drug-likeness (QED) is 0.734. The zero-order valence-electron chi connectivity index (χ0n) is 10.2. The molecule has 0 saturated carbocycles. The normalized spacial score (nSPS) is 16.6. The topological polar surface area (TPSA) is 6.48 Å². The van der Waals surface area contributed by atoms with Gasteiger partial charge in [-0.2, -0.15) is 0 Å². The van der Waals surface area contributed by atoms with Crippen molar-refractivity contribution in [2.45, 2.75) is 0 Å². The highest BCUT2D eigenvalue weighted by Gasteiger charge is 2.18. The Morgan fingerprint density at radius 3 is 2.47 bits per heavy atom. The van der Waals surface area contributed by atoms with Crippen molar-refractivity contribution < 1.29 is 0 Å². The molecule has 0 atom stereocenters. The molecule has 1 heterocycles. The van der Waals surface area contributed by atoms with Gasteiger partial charge in [-0.15, -0.1) is 0 Å². The van der Waals surface area contributed by atoms with Gasteiger partial charge in [-0.05, 0) is 16.8 Å². The van der Waals surface area contributed by atoms with Gasteiger partial charge in [-0.1, -0.05) is 42.5 Å². The molecule has 2 nitrogen and oxygen atoms in total. The fraction of sp³-hybridized carbons (Fsp3) is 0.200. The molecule has 1 aliphatic heterocycles. The number of likely N-dealkylation sites (N-methyl/N-ethyl adjacent to an activating group) is 1. The van der Waals surface area contributed by atoms with Crippen LogP contribution in [0.25, 0.3) is 16.5 Å². The number of fused-ring (bicyclic) bond motifs is 1. The number of benzene rings is 2. The van der Waals surface area contributed by atoms with Crippen LogP contribution in [0.1, 0.15) is 5.56 Å². The van der Waals surface area contributed by atoms with Crippen molar-refractivity contribution in [2.75, 3.05) is 20.6 Å². The number of rotatable bonds is 1. The molecule has 0 bridgehead atoms. The average Bonchev–Trinajstić information content (AvgIpc) is 2.69. The zero-order valence-corrected chi connectivity index (χ0v) is 10.2. The molecule has 1 aliphatic rings. The zero-order chi connectivity index (χ0) is 11.8. The van der Waals surface area contributed by atoms with E-state index < -0.39 is 0 Å². The SMILES string of the molecule is CN1CC=C(c2cccc3ccccc23)N1C. The lowest BCUT2D eigenvalue weighted by molar-refractivity contribution is 0.128. The van der Waals surface area contributed by atoms with Gasteiger partial charge in [-0.3, -0.25) is 0 Å². The minimum atomic E-state index is 0.981. The predicted molar refractivity (Wildman–Crippen MR) is 72.3 cm³/mol. The molecule has 2 aromatic carbocycles. The largest absolute Gasteiger partial charge is 0.308 e. The van der Waals surface area contributed by atoms with Crippen molar-refractivity contribution in [1.82, 2.24) is 10.0 Å². The molecule has 2 aromatic rings. The van der Waals surface area contributed by atoms with Gasteiger partial charge < -0.3 is 5.01 Å². The molecule has 86 valence electrons. The summed E-state index contributed by atoms with van der Waals surface area (Å²) in [6.45, 7) is 0.981. The molecule has 17 heavy (non-hydrogen) atoms. The molecular weight excluding hydrogens is 208 g/mol. The summed E-state index contributed by atoms with van der Waals surface area (Å²) in [5.74, 6) is 0. The van der Waals surface area contributed by atoms with Crippen molar-refractivity contribution in [3.63, 3.8) is 0 Å². The van der Waals surface area contributed by atoms with Crippen LogP contribution in [0.4, 0.5) is 0 Å². The highest BCUT2D eigenvalue weighted by Crippen LogP contribution is 2.29. The minimum Gasteiger partial charge on any atom is -0.308 e. The summed E-state index contributed by atoms with van der Waals surface area (Å²) in [5.41, 5.74) is 2.61. The summed E-state index contributed by atoms with van der Waals surface area (Å²) < 4.78 is 0. The maximum Gasteiger partial charge on any atom is 0.0571 e. The molecule has 0 aromatic heterocycles. The number of hydrogen-bond donors (Lipinski definition) is 0. The third kappa shape index (κ3) is 1.61. The van der Waals surface area contributed by atoms with Crippen molar-refractivity contribution in [2.24, 2.45) is 0 Å². The first-order valence-corrected chi connectivity index (χ1v) is 5.90. The van der Waals surface area contributed by atoms with Gasteiger partial charge in [0, 0.05) is 26.2 Å². The Morgan fingerprint density at radius 2 is 1.71 bits per heavy atom. The van der Waals surface area contributed by atoms with Gasteiger partial charge in [0.1, 0.15) is 0 Å².